The lowest BCUT2D eigenvalue weighted by Gasteiger charge is -2.22. The van der Waals surface area contributed by atoms with Gasteiger partial charge in [0, 0.05) is 19.7 Å². The number of ether oxygens (including phenoxy) is 1. The summed E-state index contributed by atoms with van der Waals surface area (Å²) in [5.74, 6) is -0.960. The van der Waals surface area contributed by atoms with Crippen molar-refractivity contribution in [2.75, 3.05) is 19.7 Å². The quantitative estimate of drug-likeness (QED) is 0.772. The van der Waals surface area contributed by atoms with Crippen molar-refractivity contribution in [2.45, 2.75) is 33.3 Å². The summed E-state index contributed by atoms with van der Waals surface area (Å²) in [7, 11) is 0. The van der Waals surface area contributed by atoms with Crippen LogP contribution >= 0.6 is 0 Å². The first-order valence-corrected chi connectivity index (χ1v) is 5.54. The molecule has 16 heavy (non-hydrogen) atoms. The molecule has 1 saturated heterocycles. The summed E-state index contributed by atoms with van der Waals surface area (Å²) in [4.78, 5) is 24.4. The highest BCUT2D eigenvalue weighted by Gasteiger charge is 2.42. The van der Waals surface area contributed by atoms with Crippen molar-refractivity contribution in [1.29, 1.82) is 0 Å². The smallest absolute Gasteiger partial charge is 0.311 e. The Hall–Kier alpha value is -1.10. The van der Waals surface area contributed by atoms with E-state index in [0.717, 1.165) is 0 Å². The van der Waals surface area contributed by atoms with Gasteiger partial charge >= 0.3 is 5.97 Å². The first-order valence-electron chi connectivity index (χ1n) is 5.54. The summed E-state index contributed by atoms with van der Waals surface area (Å²) < 4.78 is 5.21. The number of aliphatic carboxylic acids is 1. The highest BCUT2D eigenvalue weighted by atomic mass is 16.5. The maximum absolute atomic E-state index is 11.9. The van der Waals surface area contributed by atoms with E-state index in [1.807, 2.05) is 6.92 Å². The van der Waals surface area contributed by atoms with E-state index in [9.17, 15) is 9.59 Å². The van der Waals surface area contributed by atoms with Gasteiger partial charge in [0.1, 0.15) is 6.10 Å². The summed E-state index contributed by atoms with van der Waals surface area (Å²) in [5.41, 5.74) is -0.804. The van der Waals surface area contributed by atoms with Gasteiger partial charge in [-0.05, 0) is 27.2 Å². The van der Waals surface area contributed by atoms with Crippen LogP contribution in [0.2, 0.25) is 0 Å². The van der Waals surface area contributed by atoms with Crippen LogP contribution in [0.1, 0.15) is 27.2 Å². The standard InChI is InChI=1S/C11H19NO4/c1-4-16-8(2)9(13)12-6-5-11(3,7-12)10(14)15/h8H,4-7H2,1-3H3,(H,14,15). The van der Waals surface area contributed by atoms with Crippen molar-refractivity contribution in [3.8, 4) is 0 Å². The molecule has 0 radical (unpaired) electrons. The highest BCUT2D eigenvalue weighted by Crippen LogP contribution is 2.30. The van der Waals surface area contributed by atoms with Crippen molar-refractivity contribution in [1.82, 2.24) is 4.90 Å². The first-order chi connectivity index (χ1) is 7.40. The van der Waals surface area contributed by atoms with Crippen molar-refractivity contribution in [2.24, 2.45) is 5.41 Å². The lowest BCUT2D eigenvalue weighted by atomic mass is 9.90. The number of carbonyl (C=O) groups is 2. The molecule has 0 bridgehead atoms. The molecule has 0 saturated carbocycles. The third-order valence-corrected chi connectivity index (χ3v) is 3.07. The summed E-state index contributed by atoms with van der Waals surface area (Å²) in [5, 5.41) is 9.04. The summed E-state index contributed by atoms with van der Waals surface area (Å²) in [6.07, 6.45) is 0.0218. The van der Waals surface area contributed by atoms with Crippen LogP contribution in [0.4, 0.5) is 0 Å². The van der Waals surface area contributed by atoms with Crippen LogP contribution in [0.25, 0.3) is 0 Å². The molecule has 0 aliphatic carbocycles. The second-order valence-electron chi connectivity index (χ2n) is 4.47. The zero-order valence-electron chi connectivity index (χ0n) is 10.0. The Morgan fingerprint density at radius 2 is 2.19 bits per heavy atom. The second kappa shape index (κ2) is 4.82. The molecule has 92 valence electrons. The number of carbonyl (C=O) groups excluding carboxylic acids is 1. The molecule has 0 aromatic rings. The van der Waals surface area contributed by atoms with Gasteiger partial charge in [-0.2, -0.15) is 0 Å². The van der Waals surface area contributed by atoms with Gasteiger partial charge in [-0.1, -0.05) is 0 Å². The van der Waals surface area contributed by atoms with E-state index in [1.165, 1.54) is 0 Å². The molecule has 2 unspecified atom stereocenters. The van der Waals surface area contributed by atoms with Crippen LogP contribution in [-0.4, -0.2) is 47.7 Å². The van der Waals surface area contributed by atoms with E-state index in [4.69, 9.17) is 9.84 Å². The van der Waals surface area contributed by atoms with Gasteiger partial charge in [-0.25, -0.2) is 0 Å². The molecule has 1 N–H and O–H groups in total. The number of amides is 1. The molecule has 0 spiro atoms. The number of carboxylic acid groups (broad SMARTS) is 1. The van der Waals surface area contributed by atoms with Crippen molar-refractivity contribution >= 4 is 11.9 Å². The van der Waals surface area contributed by atoms with Crippen LogP contribution in [0.5, 0.6) is 0 Å². The largest absolute Gasteiger partial charge is 0.481 e. The third kappa shape index (κ3) is 2.52. The Labute approximate surface area is 95.4 Å². The molecular formula is C11H19NO4. The summed E-state index contributed by atoms with van der Waals surface area (Å²) in [6, 6.07) is 0. The molecule has 0 aromatic heterocycles. The van der Waals surface area contributed by atoms with Crippen molar-refractivity contribution in [3.05, 3.63) is 0 Å². The van der Waals surface area contributed by atoms with Gasteiger partial charge in [0.05, 0.1) is 5.41 Å². The Kier molecular flexibility index (Phi) is 3.91. The maximum Gasteiger partial charge on any atom is 0.311 e. The number of carboxylic acids is 1. The molecule has 1 amide bonds. The molecular weight excluding hydrogens is 210 g/mol. The molecule has 1 heterocycles. The van der Waals surface area contributed by atoms with Gasteiger partial charge in [-0.3, -0.25) is 9.59 Å². The number of nitrogens with zero attached hydrogens (tertiary/aromatic N) is 1. The van der Waals surface area contributed by atoms with Crippen molar-refractivity contribution < 1.29 is 19.4 Å². The zero-order chi connectivity index (χ0) is 12.3. The molecule has 0 aromatic carbocycles. The predicted molar refractivity (Wildman–Crippen MR) is 58.0 cm³/mol. The lowest BCUT2D eigenvalue weighted by molar-refractivity contribution is -0.148. The fourth-order valence-corrected chi connectivity index (χ4v) is 1.90. The Morgan fingerprint density at radius 1 is 1.56 bits per heavy atom. The predicted octanol–water partition coefficient (Wildman–Crippen LogP) is 0.735. The van der Waals surface area contributed by atoms with Gasteiger partial charge in [0.15, 0.2) is 0 Å². The molecule has 5 nitrogen and oxygen atoms in total. The molecule has 1 aliphatic rings. The molecule has 1 rings (SSSR count). The third-order valence-electron chi connectivity index (χ3n) is 3.07. The minimum atomic E-state index is -0.841. The van der Waals surface area contributed by atoms with E-state index >= 15 is 0 Å². The van der Waals surface area contributed by atoms with E-state index in [1.54, 1.807) is 18.7 Å². The van der Waals surface area contributed by atoms with Gasteiger partial charge < -0.3 is 14.7 Å². The molecule has 5 heteroatoms. The van der Waals surface area contributed by atoms with Gasteiger partial charge in [-0.15, -0.1) is 0 Å². The van der Waals surface area contributed by atoms with Gasteiger partial charge in [0.25, 0.3) is 5.91 Å². The Morgan fingerprint density at radius 3 is 2.62 bits per heavy atom. The monoisotopic (exact) mass is 229 g/mol. The Balaban J connectivity index is 2.59. The zero-order valence-corrected chi connectivity index (χ0v) is 10.0. The average molecular weight is 229 g/mol. The van der Waals surface area contributed by atoms with Crippen LogP contribution < -0.4 is 0 Å². The molecule has 1 fully saturated rings. The minimum absolute atomic E-state index is 0.119. The number of hydrogen-bond acceptors (Lipinski definition) is 3. The SMILES string of the molecule is CCOC(C)C(=O)N1CCC(C)(C(=O)O)C1. The van der Waals surface area contributed by atoms with Crippen LogP contribution in [0, 0.1) is 5.41 Å². The number of hydrogen-bond donors (Lipinski definition) is 1. The van der Waals surface area contributed by atoms with E-state index in [0.29, 0.717) is 19.6 Å². The molecule has 1 aliphatic heterocycles. The maximum atomic E-state index is 11.9. The van der Waals surface area contributed by atoms with Crippen LogP contribution in [-0.2, 0) is 14.3 Å². The minimum Gasteiger partial charge on any atom is -0.481 e. The Bertz CT molecular complexity index is 292. The van der Waals surface area contributed by atoms with Crippen molar-refractivity contribution in [3.63, 3.8) is 0 Å². The molecule has 2 atom stereocenters. The lowest BCUT2D eigenvalue weighted by Crippen LogP contribution is -2.40. The summed E-state index contributed by atoms with van der Waals surface area (Å²) in [6.45, 7) is 6.46. The normalized spacial score (nSPS) is 26.8. The number of rotatable bonds is 4. The summed E-state index contributed by atoms with van der Waals surface area (Å²) >= 11 is 0. The average Bonchev–Trinajstić information content (AvgIpc) is 2.61. The van der Waals surface area contributed by atoms with E-state index in [2.05, 4.69) is 0 Å². The fourth-order valence-electron chi connectivity index (χ4n) is 1.90. The first kappa shape index (κ1) is 13.0. The fraction of sp³-hybridized carbons (Fsp3) is 0.818. The van der Waals surface area contributed by atoms with E-state index < -0.39 is 17.5 Å². The van der Waals surface area contributed by atoms with Crippen LogP contribution in [0.3, 0.4) is 0 Å². The second-order valence-corrected chi connectivity index (χ2v) is 4.47. The van der Waals surface area contributed by atoms with Gasteiger partial charge in [0.2, 0.25) is 0 Å². The van der Waals surface area contributed by atoms with E-state index in [-0.39, 0.29) is 12.5 Å². The topological polar surface area (TPSA) is 66.8 Å². The highest BCUT2D eigenvalue weighted by molar-refractivity contribution is 5.83. The number of likely N-dealkylation sites (tertiary alicyclic amines) is 1. The van der Waals surface area contributed by atoms with Crippen LogP contribution in [0.15, 0.2) is 0 Å².